The minimum Gasteiger partial charge on any atom is -0.324 e. The molecule has 1 aliphatic rings. The molecule has 324 valence electrons. The fourth-order valence-electron chi connectivity index (χ4n) is 8.60. The van der Waals surface area contributed by atoms with Gasteiger partial charge in [-0.25, -0.2) is 20.0 Å². The van der Waals surface area contributed by atoms with Gasteiger partial charge in [-0.1, -0.05) is 120 Å². The number of hydrogen-bond acceptors (Lipinski definition) is 8. The van der Waals surface area contributed by atoms with E-state index >= 15 is 0 Å². The second-order valence-electron chi connectivity index (χ2n) is 16.2. The molecule has 0 saturated heterocycles. The normalized spacial score (nSPS) is 14.2. The van der Waals surface area contributed by atoms with Gasteiger partial charge in [0.05, 0.1) is 0 Å². The van der Waals surface area contributed by atoms with Crippen molar-refractivity contribution >= 4 is 113 Å². The molecule has 0 radical (unpaired) electrons. The van der Waals surface area contributed by atoms with E-state index in [2.05, 4.69) is 190 Å². The van der Waals surface area contributed by atoms with Crippen LogP contribution >= 0.6 is 47.0 Å². The van der Waals surface area contributed by atoms with Gasteiger partial charge in [-0.2, -0.15) is 0 Å². The van der Waals surface area contributed by atoms with E-state index in [1.807, 2.05) is 24.3 Å². The first-order valence-corrected chi connectivity index (χ1v) is 25.3. The minimum absolute atomic E-state index is 0.690. The summed E-state index contributed by atoms with van der Waals surface area (Å²) < 4.78 is 0. The molecule has 0 aliphatic carbocycles. The van der Waals surface area contributed by atoms with Gasteiger partial charge in [-0.15, -0.1) is 0 Å². The lowest BCUT2D eigenvalue weighted by molar-refractivity contribution is 1.08. The molecule has 68 heavy (non-hydrogen) atoms. The molecule has 8 aromatic carbocycles. The van der Waals surface area contributed by atoms with Crippen LogP contribution in [0.1, 0.15) is 0 Å². The van der Waals surface area contributed by atoms with Crippen molar-refractivity contribution in [1.82, 2.24) is 19.9 Å². The van der Waals surface area contributed by atoms with E-state index in [4.69, 9.17) is 20.0 Å². The third-order valence-corrected chi connectivity index (χ3v) is 15.8. The van der Waals surface area contributed by atoms with Crippen molar-refractivity contribution in [2.24, 2.45) is 20.0 Å². The van der Waals surface area contributed by atoms with Gasteiger partial charge in [-0.05, 0) is 121 Å². The van der Waals surface area contributed by atoms with Gasteiger partial charge in [0.1, 0.15) is 45.2 Å². The molecule has 13 rings (SSSR count). The lowest BCUT2D eigenvalue weighted by Gasteiger charge is -2.03. The highest BCUT2D eigenvalue weighted by molar-refractivity contribution is 8.00. The van der Waals surface area contributed by atoms with Crippen LogP contribution in [0.25, 0.3) is 43.1 Å². The Labute approximate surface area is 405 Å². The third kappa shape index (κ3) is 7.90. The van der Waals surface area contributed by atoms with Gasteiger partial charge < -0.3 is 19.9 Å². The highest BCUT2D eigenvalue weighted by Crippen LogP contribution is 2.41. The van der Waals surface area contributed by atoms with Gasteiger partial charge in [0.15, 0.2) is 0 Å². The monoisotopic (exact) mass is 948 g/mol. The Morgan fingerprint density at radius 1 is 0.221 bits per heavy atom. The van der Waals surface area contributed by atoms with Crippen LogP contribution < -0.4 is 22.0 Å². The van der Waals surface area contributed by atoms with E-state index in [1.54, 1.807) is 47.0 Å². The number of nitrogens with one attached hydrogen (secondary N) is 4. The van der Waals surface area contributed by atoms with E-state index < -0.39 is 0 Å². The highest BCUT2D eigenvalue weighted by Gasteiger charge is 2.17. The highest BCUT2D eigenvalue weighted by atomic mass is 32.2. The van der Waals surface area contributed by atoms with Gasteiger partial charge in [0.25, 0.3) is 0 Å². The van der Waals surface area contributed by atoms with E-state index in [0.29, 0.717) is 45.2 Å². The summed E-state index contributed by atoms with van der Waals surface area (Å²) in [6.45, 7) is 0. The predicted octanol–water partition coefficient (Wildman–Crippen LogP) is 14.3. The van der Waals surface area contributed by atoms with E-state index in [-0.39, 0.29) is 0 Å². The quantitative estimate of drug-likeness (QED) is 0.122. The van der Waals surface area contributed by atoms with Crippen molar-refractivity contribution in [2.75, 3.05) is 0 Å². The average molecular weight is 949 g/mol. The Hall–Kier alpha value is -7.48. The topological polar surface area (TPSA) is 113 Å². The van der Waals surface area contributed by atoms with Crippen LogP contribution in [0.3, 0.4) is 0 Å². The van der Waals surface area contributed by atoms with Crippen LogP contribution in [-0.2, 0) is 0 Å². The molecule has 5 heterocycles. The number of hydrogen-bond donors (Lipinski definition) is 4. The molecule has 12 aromatic rings. The summed E-state index contributed by atoms with van der Waals surface area (Å²) in [5.41, 5.74) is 2.76. The Kier molecular flexibility index (Phi) is 10.4. The number of H-pyrrole nitrogens is 4. The van der Waals surface area contributed by atoms with E-state index in [1.165, 1.54) is 0 Å². The molecule has 4 N–H and O–H groups in total. The van der Waals surface area contributed by atoms with Crippen LogP contribution in [-0.4, -0.2) is 19.9 Å². The van der Waals surface area contributed by atoms with Crippen molar-refractivity contribution in [3.05, 3.63) is 216 Å². The SMILES string of the molecule is c1ccc(Sc2ccc3c4[nH]c(c3c2)/N=c2\[nH]/c(c3cc(Sc5ccccc5)ccc23)=N\c2[nH]c(c3cc(Sc5ccccc5)ccc23)/N=c2\[nH]/c(c3cc(Sc5ccccc5)ccc23)=N\4)cc1. The van der Waals surface area contributed by atoms with Gasteiger partial charge in [0, 0.05) is 82.3 Å². The van der Waals surface area contributed by atoms with E-state index in [0.717, 1.165) is 82.3 Å². The first-order valence-electron chi connectivity index (χ1n) is 22.0. The maximum Gasteiger partial charge on any atom is 0.142 e. The molecule has 8 bridgehead atoms. The molecule has 0 unspecified atom stereocenters. The zero-order valence-electron chi connectivity index (χ0n) is 35.9. The van der Waals surface area contributed by atoms with E-state index in [9.17, 15) is 0 Å². The summed E-state index contributed by atoms with van der Waals surface area (Å²) in [5.74, 6) is 2.76. The zero-order valence-corrected chi connectivity index (χ0v) is 39.2. The fraction of sp³-hybridized carbons (Fsp3) is 0. The molecule has 0 fully saturated rings. The van der Waals surface area contributed by atoms with Crippen molar-refractivity contribution in [3.63, 3.8) is 0 Å². The van der Waals surface area contributed by atoms with Crippen LogP contribution in [0.4, 0.5) is 23.3 Å². The maximum absolute atomic E-state index is 5.43. The Morgan fingerprint density at radius 3 is 0.809 bits per heavy atom. The molecule has 4 aromatic heterocycles. The fourth-order valence-corrected chi connectivity index (χ4v) is 12.1. The number of nitrogens with zero attached hydrogens (tertiary/aromatic N) is 4. The summed E-state index contributed by atoms with van der Waals surface area (Å²) in [6, 6.07) is 67.8. The minimum atomic E-state index is 0.690. The molecule has 8 nitrogen and oxygen atoms in total. The molecule has 0 saturated carbocycles. The predicted molar refractivity (Wildman–Crippen MR) is 279 cm³/mol. The second-order valence-corrected chi connectivity index (χ2v) is 20.8. The van der Waals surface area contributed by atoms with Gasteiger partial charge in [0.2, 0.25) is 0 Å². The Bertz CT molecular complexity index is 3880. The number of aromatic amines is 4. The van der Waals surface area contributed by atoms with Crippen molar-refractivity contribution in [3.8, 4) is 0 Å². The molecular formula is C56H36N8S4. The van der Waals surface area contributed by atoms with Gasteiger partial charge in [-0.3, -0.25) is 0 Å². The molecule has 1 aliphatic heterocycles. The first kappa shape index (κ1) is 40.8. The Balaban J connectivity index is 1.09. The largest absolute Gasteiger partial charge is 0.324 e. The summed E-state index contributed by atoms with van der Waals surface area (Å²) in [5, 5.41) is 7.62. The van der Waals surface area contributed by atoms with Crippen molar-refractivity contribution in [2.45, 2.75) is 39.2 Å². The summed E-state index contributed by atoms with van der Waals surface area (Å²) in [7, 11) is 0. The number of rotatable bonds is 8. The molecule has 0 atom stereocenters. The molecule has 0 spiro atoms. The summed E-state index contributed by atoms with van der Waals surface area (Å²) in [6.07, 6.45) is 0. The smallest absolute Gasteiger partial charge is 0.142 e. The molecule has 12 heteroatoms. The molecule has 0 amide bonds. The number of fused-ring (bicyclic) bond motifs is 20. The average Bonchev–Trinajstić information content (AvgIpc) is 4.10. The second kappa shape index (κ2) is 17.3. The zero-order chi connectivity index (χ0) is 45.0. The summed E-state index contributed by atoms with van der Waals surface area (Å²) in [4.78, 5) is 45.5. The standard InChI is InChI=1S/C56H36N8S4/c1-5-13-33(14-6-1)65-37-21-25-41-45(29-37)53-57-49(41)62-54-47-31-39(67-35-17-9-3-10-18-35)23-27-43(47)51(59-54)64-56-48-32-40(68-36-19-11-4-12-20-36)24-28-44(48)52(60-56)63-55-46-30-38(66-34-15-7-2-8-16-34)22-26-42(46)50(58-55)61-53/h1-32H,(H4,57,58,59,60,61,62,63,64). The van der Waals surface area contributed by atoms with Gasteiger partial charge >= 0.3 is 0 Å². The van der Waals surface area contributed by atoms with Crippen molar-refractivity contribution in [1.29, 1.82) is 0 Å². The Morgan fingerprint density at radius 2 is 0.485 bits per heavy atom. The van der Waals surface area contributed by atoms with Crippen molar-refractivity contribution < 1.29 is 0 Å². The van der Waals surface area contributed by atoms with Crippen LogP contribution in [0, 0.1) is 0 Å². The first-order chi connectivity index (χ1) is 33.6. The number of benzene rings is 8. The lowest BCUT2D eigenvalue weighted by Crippen LogP contribution is -2.10. The van der Waals surface area contributed by atoms with Crippen LogP contribution in [0.5, 0.6) is 0 Å². The third-order valence-electron chi connectivity index (χ3n) is 11.8. The maximum atomic E-state index is 5.43. The van der Waals surface area contributed by atoms with Crippen LogP contribution in [0.15, 0.2) is 253 Å². The summed E-state index contributed by atoms with van der Waals surface area (Å²) >= 11 is 6.88. The lowest BCUT2D eigenvalue weighted by atomic mass is 10.2. The van der Waals surface area contributed by atoms with Crippen LogP contribution in [0.2, 0.25) is 0 Å². The number of aromatic nitrogens is 4. The molecular weight excluding hydrogens is 913 g/mol.